The van der Waals surface area contributed by atoms with Crippen LogP contribution < -0.4 is 9.47 Å². The fraction of sp³-hybridized carbons (Fsp3) is 0.500. The molecule has 1 aliphatic carbocycles. The maximum atomic E-state index is 11.1. The van der Waals surface area contributed by atoms with Gasteiger partial charge in [0.05, 0.1) is 20.6 Å². The Labute approximate surface area is 125 Å². The number of phenols is 1. The van der Waals surface area contributed by atoms with Crippen LogP contribution >= 0.6 is 15.9 Å². The molecule has 0 aliphatic heterocycles. The van der Waals surface area contributed by atoms with Crippen molar-refractivity contribution in [3.05, 3.63) is 16.1 Å². The first-order chi connectivity index (χ1) is 9.49. The van der Waals surface area contributed by atoms with Crippen molar-refractivity contribution >= 4 is 21.9 Å². The van der Waals surface area contributed by atoms with Crippen molar-refractivity contribution in [3.8, 4) is 17.2 Å². The molecule has 1 aliphatic rings. The lowest BCUT2D eigenvalue weighted by Gasteiger charge is -2.21. The van der Waals surface area contributed by atoms with Gasteiger partial charge in [-0.3, -0.25) is 4.79 Å². The van der Waals surface area contributed by atoms with Crippen LogP contribution in [0.25, 0.3) is 0 Å². The van der Waals surface area contributed by atoms with E-state index in [1.165, 1.54) is 14.2 Å². The second kappa shape index (κ2) is 5.91. The first-order valence-electron chi connectivity index (χ1n) is 6.34. The Morgan fingerprint density at radius 1 is 1.45 bits per heavy atom. The topological polar surface area (TPSA) is 76.0 Å². The van der Waals surface area contributed by atoms with Gasteiger partial charge in [-0.25, -0.2) is 0 Å². The van der Waals surface area contributed by atoms with Gasteiger partial charge in [0.1, 0.15) is 0 Å². The quantitative estimate of drug-likeness (QED) is 0.828. The lowest BCUT2D eigenvalue weighted by atomic mass is 9.90. The number of carbonyl (C=O) groups is 1. The minimum absolute atomic E-state index is 0.00763. The Balaban J connectivity index is 2.51. The van der Waals surface area contributed by atoms with Crippen LogP contribution in [0.3, 0.4) is 0 Å². The fourth-order valence-corrected chi connectivity index (χ4v) is 3.19. The van der Waals surface area contributed by atoms with Crippen molar-refractivity contribution < 1.29 is 24.5 Å². The molecule has 1 aromatic carbocycles. The minimum atomic E-state index is -0.872. The van der Waals surface area contributed by atoms with Crippen LogP contribution in [0.15, 0.2) is 10.5 Å². The molecule has 0 amide bonds. The highest BCUT2D eigenvalue weighted by Gasteiger charge is 2.37. The van der Waals surface area contributed by atoms with Gasteiger partial charge >= 0.3 is 5.97 Å². The van der Waals surface area contributed by atoms with E-state index in [4.69, 9.17) is 14.6 Å². The molecule has 0 bridgehead atoms. The van der Waals surface area contributed by atoms with Gasteiger partial charge in [0, 0.05) is 16.0 Å². The number of rotatable bonds is 6. The Kier molecular flexibility index (Phi) is 4.42. The molecular weight excluding hydrogens is 328 g/mol. The Hall–Kier alpha value is -1.43. The SMILES string of the molecule is COc1cc(Br)c(C(CC(=O)O)C2CC2)c(O)c1OC. The molecule has 1 saturated carbocycles. The second-order valence-corrected chi connectivity index (χ2v) is 5.75. The van der Waals surface area contributed by atoms with Gasteiger partial charge in [-0.2, -0.15) is 0 Å². The van der Waals surface area contributed by atoms with Gasteiger partial charge in [-0.15, -0.1) is 0 Å². The molecule has 5 nitrogen and oxygen atoms in total. The molecule has 110 valence electrons. The van der Waals surface area contributed by atoms with Crippen LogP contribution in [0.1, 0.15) is 30.7 Å². The Bertz CT molecular complexity index is 525. The van der Waals surface area contributed by atoms with E-state index in [1.54, 1.807) is 6.07 Å². The lowest BCUT2D eigenvalue weighted by molar-refractivity contribution is -0.137. The van der Waals surface area contributed by atoms with Crippen LogP contribution in [0.5, 0.6) is 17.2 Å². The van der Waals surface area contributed by atoms with Crippen molar-refractivity contribution in [3.63, 3.8) is 0 Å². The van der Waals surface area contributed by atoms with Crippen molar-refractivity contribution in [1.82, 2.24) is 0 Å². The third kappa shape index (κ3) is 2.85. The van der Waals surface area contributed by atoms with Gasteiger partial charge in [0.15, 0.2) is 11.5 Å². The monoisotopic (exact) mass is 344 g/mol. The van der Waals surface area contributed by atoms with Crippen molar-refractivity contribution in [2.24, 2.45) is 5.92 Å². The second-order valence-electron chi connectivity index (χ2n) is 4.90. The van der Waals surface area contributed by atoms with Crippen molar-refractivity contribution in [2.45, 2.75) is 25.2 Å². The number of halogens is 1. The van der Waals surface area contributed by atoms with Gasteiger partial charge in [0.25, 0.3) is 0 Å². The molecule has 1 aromatic rings. The highest BCUT2D eigenvalue weighted by molar-refractivity contribution is 9.10. The summed E-state index contributed by atoms with van der Waals surface area (Å²) in [5, 5.41) is 19.5. The third-order valence-electron chi connectivity index (χ3n) is 3.59. The summed E-state index contributed by atoms with van der Waals surface area (Å²) in [5.41, 5.74) is 0.590. The van der Waals surface area contributed by atoms with E-state index in [2.05, 4.69) is 15.9 Å². The number of carboxylic acids is 1. The molecule has 2 N–H and O–H groups in total. The molecule has 1 unspecified atom stereocenters. The number of methoxy groups -OCH3 is 2. The van der Waals surface area contributed by atoms with Crippen LogP contribution in [0.2, 0.25) is 0 Å². The van der Waals surface area contributed by atoms with E-state index in [0.717, 1.165) is 12.8 Å². The number of benzene rings is 1. The Morgan fingerprint density at radius 3 is 2.55 bits per heavy atom. The number of phenolic OH excluding ortho intramolecular Hbond substituents is 1. The van der Waals surface area contributed by atoms with Gasteiger partial charge < -0.3 is 19.7 Å². The fourth-order valence-electron chi connectivity index (χ4n) is 2.50. The molecule has 0 spiro atoms. The van der Waals surface area contributed by atoms with E-state index in [1.807, 2.05) is 0 Å². The molecule has 1 atom stereocenters. The van der Waals surface area contributed by atoms with Crippen LogP contribution in [-0.2, 0) is 4.79 Å². The maximum Gasteiger partial charge on any atom is 0.303 e. The summed E-state index contributed by atoms with van der Waals surface area (Å²) in [6, 6.07) is 1.70. The average Bonchev–Trinajstić information content (AvgIpc) is 3.20. The van der Waals surface area contributed by atoms with Crippen molar-refractivity contribution in [1.29, 1.82) is 0 Å². The standard InChI is InChI=1S/C14H17BrO5/c1-19-10-6-9(15)12(13(18)14(10)20-2)8(5-11(16)17)7-3-4-7/h6-8,18H,3-5H2,1-2H3,(H,16,17). The molecule has 0 radical (unpaired) electrons. The number of hydrogen-bond donors (Lipinski definition) is 2. The highest BCUT2D eigenvalue weighted by atomic mass is 79.9. The van der Waals surface area contributed by atoms with Crippen LogP contribution in [0, 0.1) is 5.92 Å². The normalized spacial score (nSPS) is 15.8. The summed E-state index contributed by atoms with van der Waals surface area (Å²) in [7, 11) is 2.93. The lowest BCUT2D eigenvalue weighted by Crippen LogP contribution is -2.10. The van der Waals surface area contributed by atoms with Crippen molar-refractivity contribution in [2.75, 3.05) is 14.2 Å². The summed E-state index contributed by atoms with van der Waals surface area (Å²) >= 11 is 3.40. The summed E-state index contributed by atoms with van der Waals surface area (Å²) in [6.07, 6.45) is 1.96. The number of aromatic hydroxyl groups is 1. The predicted octanol–water partition coefficient (Wildman–Crippen LogP) is 3.14. The molecule has 20 heavy (non-hydrogen) atoms. The summed E-state index contributed by atoms with van der Waals surface area (Å²) < 4.78 is 11.0. The Morgan fingerprint density at radius 2 is 2.10 bits per heavy atom. The number of aliphatic carboxylic acids is 1. The predicted molar refractivity (Wildman–Crippen MR) is 76.6 cm³/mol. The third-order valence-corrected chi connectivity index (χ3v) is 4.25. The van der Waals surface area contributed by atoms with E-state index in [0.29, 0.717) is 21.7 Å². The number of hydrogen-bond acceptors (Lipinski definition) is 4. The van der Waals surface area contributed by atoms with Gasteiger partial charge in [-0.05, 0) is 24.8 Å². The summed E-state index contributed by atoms with van der Waals surface area (Å²) in [4.78, 5) is 11.1. The molecule has 6 heteroatoms. The highest BCUT2D eigenvalue weighted by Crippen LogP contribution is 2.53. The average molecular weight is 345 g/mol. The van der Waals surface area contributed by atoms with Crippen LogP contribution in [0.4, 0.5) is 0 Å². The summed E-state index contributed by atoms with van der Waals surface area (Å²) in [6.45, 7) is 0. The molecule has 1 fully saturated rings. The number of carboxylic acid groups (broad SMARTS) is 1. The zero-order valence-corrected chi connectivity index (χ0v) is 12.9. The zero-order valence-electron chi connectivity index (χ0n) is 11.4. The van der Waals surface area contributed by atoms with Gasteiger partial charge in [-0.1, -0.05) is 15.9 Å². The molecule has 0 aromatic heterocycles. The largest absolute Gasteiger partial charge is 0.504 e. The molecular formula is C14H17BrO5. The molecule has 0 saturated heterocycles. The molecule has 2 rings (SSSR count). The number of ether oxygens (including phenoxy) is 2. The van der Waals surface area contributed by atoms with E-state index >= 15 is 0 Å². The first kappa shape index (κ1) is 15.0. The summed E-state index contributed by atoms with van der Waals surface area (Å²) in [5.74, 6) is -0.194. The van der Waals surface area contributed by atoms with Gasteiger partial charge in [0.2, 0.25) is 5.75 Å². The van der Waals surface area contributed by atoms with E-state index in [-0.39, 0.29) is 23.8 Å². The molecule has 0 heterocycles. The smallest absolute Gasteiger partial charge is 0.303 e. The van der Waals surface area contributed by atoms with E-state index < -0.39 is 5.97 Å². The zero-order chi connectivity index (χ0) is 14.9. The maximum absolute atomic E-state index is 11.1. The van der Waals surface area contributed by atoms with E-state index in [9.17, 15) is 9.90 Å². The first-order valence-corrected chi connectivity index (χ1v) is 7.14. The van der Waals surface area contributed by atoms with Crippen LogP contribution in [-0.4, -0.2) is 30.4 Å². The minimum Gasteiger partial charge on any atom is -0.504 e.